The van der Waals surface area contributed by atoms with E-state index in [-0.39, 0.29) is 5.38 Å². The molecule has 4 nitrogen and oxygen atoms in total. The molecule has 3 rings (SSSR count). The first-order valence-corrected chi connectivity index (χ1v) is 7.92. The van der Waals surface area contributed by atoms with Crippen LogP contribution in [0.15, 0.2) is 18.2 Å². The summed E-state index contributed by atoms with van der Waals surface area (Å²) in [6.45, 7) is 4.22. The summed E-state index contributed by atoms with van der Waals surface area (Å²) < 4.78 is 7.70. The maximum absolute atomic E-state index is 6.38. The molecule has 114 valence electrons. The molecule has 0 bridgehead atoms. The molecule has 0 amide bonds. The third-order valence-corrected chi connectivity index (χ3v) is 4.53. The van der Waals surface area contributed by atoms with E-state index < -0.39 is 0 Å². The van der Waals surface area contributed by atoms with Gasteiger partial charge in [0.2, 0.25) is 0 Å². The van der Waals surface area contributed by atoms with Gasteiger partial charge in [0.15, 0.2) is 0 Å². The monoisotopic (exact) mass is 307 g/mol. The minimum Gasteiger partial charge on any atom is -0.497 e. The van der Waals surface area contributed by atoms with Gasteiger partial charge in [-0.3, -0.25) is 0 Å². The molecular formula is C16H22ClN3O. The average molecular weight is 308 g/mol. The second-order valence-corrected chi connectivity index (χ2v) is 6.50. The predicted octanol–water partition coefficient (Wildman–Crippen LogP) is 3.61. The molecular weight excluding hydrogens is 286 g/mol. The molecule has 1 atom stereocenters. The predicted molar refractivity (Wildman–Crippen MR) is 86.3 cm³/mol. The van der Waals surface area contributed by atoms with Crippen molar-refractivity contribution in [2.45, 2.75) is 31.2 Å². The van der Waals surface area contributed by atoms with Crippen LogP contribution in [-0.4, -0.2) is 41.7 Å². The van der Waals surface area contributed by atoms with Gasteiger partial charge >= 0.3 is 0 Å². The van der Waals surface area contributed by atoms with E-state index in [1.54, 1.807) is 7.11 Å². The lowest BCUT2D eigenvalue weighted by atomic mass is 10.0. The summed E-state index contributed by atoms with van der Waals surface area (Å²) in [7, 11) is 3.87. The number of aromatic nitrogens is 2. The Hall–Kier alpha value is -1.26. The highest BCUT2D eigenvalue weighted by Gasteiger charge is 2.25. The van der Waals surface area contributed by atoms with Crippen LogP contribution in [0.5, 0.6) is 5.75 Å². The van der Waals surface area contributed by atoms with Crippen molar-refractivity contribution >= 4 is 22.6 Å². The topological polar surface area (TPSA) is 30.3 Å². The van der Waals surface area contributed by atoms with E-state index in [0.717, 1.165) is 48.5 Å². The van der Waals surface area contributed by atoms with Crippen LogP contribution in [0.4, 0.5) is 0 Å². The van der Waals surface area contributed by atoms with Crippen molar-refractivity contribution in [3.63, 3.8) is 0 Å². The van der Waals surface area contributed by atoms with E-state index in [1.165, 1.54) is 0 Å². The van der Waals surface area contributed by atoms with Crippen molar-refractivity contribution in [1.82, 2.24) is 14.5 Å². The smallest absolute Gasteiger partial charge is 0.127 e. The zero-order chi connectivity index (χ0) is 15.0. The lowest BCUT2D eigenvalue weighted by molar-refractivity contribution is 0.221. The third kappa shape index (κ3) is 2.74. The molecule has 1 aliphatic rings. The molecule has 1 aromatic carbocycles. The number of ether oxygens (including phenoxy) is 1. The van der Waals surface area contributed by atoms with E-state index >= 15 is 0 Å². The molecule has 1 fully saturated rings. The summed E-state index contributed by atoms with van der Waals surface area (Å²) in [4.78, 5) is 7.12. The lowest BCUT2D eigenvalue weighted by Crippen LogP contribution is -2.32. The van der Waals surface area contributed by atoms with E-state index in [1.807, 2.05) is 19.1 Å². The van der Waals surface area contributed by atoms with Crippen LogP contribution >= 0.6 is 11.6 Å². The number of nitrogens with zero attached hydrogens (tertiary/aromatic N) is 3. The Bertz CT molecular complexity index is 630. The van der Waals surface area contributed by atoms with Gasteiger partial charge in [0, 0.05) is 12.1 Å². The fourth-order valence-corrected chi connectivity index (χ4v) is 3.29. The van der Waals surface area contributed by atoms with Crippen molar-refractivity contribution in [1.29, 1.82) is 0 Å². The summed E-state index contributed by atoms with van der Waals surface area (Å²) in [5, 5.41) is -0.0944. The van der Waals surface area contributed by atoms with Gasteiger partial charge in [0.1, 0.15) is 11.6 Å². The van der Waals surface area contributed by atoms with Crippen molar-refractivity contribution in [2.75, 3.05) is 27.2 Å². The number of hydrogen-bond donors (Lipinski definition) is 0. The van der Waals surface area contributed by atoms with Gasteiger partial charge in [-0.15, -0.1) is 11.6 Å². The molecule has 1 aliphatic heterocycles. The molecule has 0 saturated carbocycles. The molecule has 0 N–H and O–H groups in total. The molecule has 0 radical (unpaired) electrons. The Morgan fingerprint density at radius 1 is 1.33 bits per heavy atom. The van der Waals surface area contributed by atoms with Crippen LogP contribution < -0.4 is 4.74 Å². The second kappa shape index (κ2) is 5.85. The number of benzene rings is 1. The highest BCUT2D eigenvalue weighted by Crippen LogP contribution is 2.34. The van der Waals surface area contributed by atoms with Crippen molar-refractivity contribution < 1.29 is 4.74 Å². The van der Waals surface area contributed by atoms with Crippen molar-refractivity contribution in [3.8, 4) is 5.75 Å². The average Bonchev–Trinajstić information content (AvgIpc) is 2.86. The maximum atomic E-state index is 6.38. The first-order valence-electron chi connectivity index (χ1n) is 7.48. The van der Waals surface area contributed by atoms with Gasteiger partial charge < -0.3 is 14.2 Å². The molecule has 2 aromatic rings. The molecule has 1 unspecified atom stereocenters. The molecule has 1 saturated heterocycles. The Morgan fingerprint density at radius 2 is 2.05 bits per heavy atom. The second-order valence-electron chi connectivity index (χ2n) is 5.85. The Labute approximate surface area is 130 Å². The Morgan fingerprint density at radius 3 is 2.67 bits per heavy atom. The Balaban J connectivity index is 2.10. The molecule has 21 heavy (non-hydrogen) atoms. The van der Waals surface area contributed by atoms with Crippen molar-refractivity contribution in [3.05, 3.63) is 24.0 Å². The zero-order valence-corrected chi connectivity index (χ0v) is 13.6. The SMILES string of the molecule is COc1ccc2nc(C(C)Cl)n(C3CCN(C)CC3)c2c1. The minimum absolute atomic E-state index is 0.0944. The van der Waals surface area contributed by atoms with Gasteiger partial charge in [-0.2, -0.15) is 0 Å². The van der Waals surface area contributed by atoms with Crippen LogP contribution in [-0.2, 0) is 0 Å². The summed E-state index contributed by atoms with van der Waals surface area (Å²) in [5.74, 6) is 1.83. The van der Waals surface area contributed by atoms with Gasteiger partial charge in [-0.25, -0.2) is 4.98 Å². The normalized spacial score (nSPS) is 19.0. The number of fused-ring (bicyclic) bond motifs is 1. The first-order chi connectivity index (χ1) is 10.1. The van der Waals surface area contributed by atoms with E-state index in [4.69, 9.17) is 21.3 Å². The van der Waals surface area contributed by atoms with E-state index in [2.05, 4.69) is 22.6 Å². The van der Waals surface area contributed by atoms with Crippen LogP contribution in [0.1, 0.15) is 37.0 Å². The summed E-state index contributed by atoms with van der Waals surface area (Å²) in [6, 6.07) is 6.51. The summed E-state index contributed by atoms with van der Waals surface area (Å²) >= 11 is 6.38. The quantitative estimate of drug-likeness (QED) is 0.812. The summed E-state index contributed by atoms with van der Waals surface area (Å²) in [5.41, 5.74) is 2.13. The number of imidazole rings is 1. The van der Waals surface area contributed by atoms with Crippen LogP contribution in [0, 0.1) is 0 Å². The van der Waals surface area contributed by atoms with Crippen molar-refractivity contribution in [2.24, 2.45) is 0 Å². The number of alkyl halides is 1. The molecule has 2 heterocycles. The van der Waals surface area contributed by atoms with E-state index in [0.29, 0.717) is 6.04 Å². The lowest BCUT2D eigenvalue weighted by Gasteiger charge is -2.31. The fraction of sp³-hybridized carbons (Fsp3) is 0.562. The van der Waals surface area contributed by atoms with Gasteiger partial charge in [-0.1, -0.05) is 0 Å². The van der Waals surface area contributed by atoms with Gasteiger partial charge in [-0.05, 0) is 52.0 Å². The van der Waals surface area contributed by atoms with Gasteiger partial charge in [0.25, 0.3) is 0 Å². The number of likely N-dealkylation sites (tertiary alicyclic amines) is 1. The largest absolute Gasteiger partial charge is 0.497 e. The zero-order valence-electron chi connectivity index (χ0n) is 12.8. The fourth-order valence-electron chi connectivity index (χ4n) is 3.14. The highest BCUT2D eigenvalue weighted by molar-refractivity contribution is 6.20. The summed E-state index contributed by atoms with van der Waals surface area (Å²) in [6.07, 6.45) is 2.27. The number of rotatable bonds is 3. The highest BCUT2D eigenvalue weighted by atomic mass is 35.5. The number of methoxy groups -OCH3 is 1. The molecule has 1 aromatic heterocycles. The van der Waals surface area contributed by atoms with Gasteiger partial charge in [0.05, 0.1) is 23.5 Å². The number of halogens is 1. The van der Waals surface area contributed by atoms with E-state index in [9.17, 15) is 0 Å². The first kappa shape index (κ1) is 14.7. The standard InChI is InChI=1S/C16H22ClN3O/c1-11(17)16-18-14-5-4-13(21-3)10-15(14)20(16)12-6-8-19(2)9-7-12/h4-5,10-12H,6-9H2,1-3H3. The third-order valence-electron chi connectivity index (χ3n) is 4.33. The maximum Gasteiger partial charge on any atom is 0.127 e. The molecule has 5 heteroatoms. The number of piperidine rings is 1. The Kier molecular flexibility index (Phi) is 4.09. The van der Waals surface area contributed by atoms with Crippen LogP contribution in [0.2, 0.25) is 0 Å². The molecule has 0 aliphatic carbocycles. The minimum atomic E-state index is -0.0944. The van der Waals surface area contributed by atoms with Crippen LogP contribution in [0.3, 0.4) is 0 Å². The molecule has 0 spiro atoms. The van der Waals surface area contributed by atoms with Crippen LogP contribution in [0.25, 0.3) is 11.0 Å². The number of hydrogen-bond acceptors (Lipinski definition) is 3.